The number of hydrogen-bond donors (Lipinski definition) is 2. The molecule has 31 heavy (non-hydrogen) atoms. The highest BCUT2D eigenvalue weighted by Gasteiger charge is 2.19. The fourth-order valence-corrected chi connectivity index (χ4v) is 3.60. The van der Waals surface area contributed by atoms with Crippen LogP contribution in [0.4, 0.5) is 5.69 Å². The zero-order valence-electron chi connectivity index (χ0n) is 18.3. The van der Waals surface area contributed by atoms with E-state index in [1.807, 2.05) is 42.9 Å². The van der Waals surface area contributed by atoms with E-state index in [-0.39, 0.29) is 10.7 Å². The van der Waals surface area contributed by atoms with Gasteiger partial charge in [-0.2, -0.15) is 5.10 Å². The van der Waals surface area contributed by atoms with E-state index < -0.39 is 5.91 Å². The van der Waals surface area contributed by atoms with Crippen LogP contribution >= 0.6 is 12.2 Å². The fraction of sp³-hybridized carbons (Fsp3) is 0.261. The third-order valence-corrected chi connectivity index (χ3v) is 5.34. The topological polar surface area (TPSA) is 77.4 Å². The Balaban J connectivity index is 1.66. The molecule has 1 aromatic heterocycles. The lowest BCUT2D eigenvalue weighted by atomic mass is 10.0. The van der Waals surface area contributed by atoms with Crippen LogP contribution in [0.2, 0.25) is 0 Å². The first kappa shape index (κ1) is 22.3. The molecule has 0 aliphatic heterocycles. The van der Waals surface area contributed by atoms with Crippen molar-refractivity contribution in [1.82, 2.24) is 15.1 Å². The van der Waals surface area contributed by atoms with Gasteiger partial charge in [-0.1, -0.05) is 18.2 Å². The number of ether oxygens (including phenoxy) is 2. The summed E-state index contributed by atoms with van der Waals surface area (Å²) in [5.41, 5.74) is 5.67. The van der Waals surface area contributed by atoms with Crippen LogP contribution in [-0.4, -0.2) is 35.0 Å². The molecule has 0 saturated carbocycles. The second-order valence-electron chi connectivity index (χ2n) is 7.09. The van der Waals surface area contributed by atoms with Gasteiger partial charge in [-0.25, -0.2) is 0 Å². The maximum absolute atomic E-state index is 12.7. The summed E-state index contributed by atoms with van der Waals surface area (Å²) in [6.45, 7) is 4.10. The van der Waals surface area contributed by atoms with E-state index in [2.05, 4.69) is 22.7 Å². The van der Waals surface area contributed by atoms with Gasteiger partial charge in [0.05, 0.1) is 19.9 Å². The highest BCUT2D eigenvalue weighted by atomic mass is 32.1. The van der Waals surface area contributed by atoms with Crippen molar-refractivity contribution in [2.24, 2.45) is 7.05 Å². The molecule has 8 heteroatoms. The number of aryl methyl sites for hydroxylation is 2. The molecule has 3 rings (SSSR count). The minimum absolute atomic E-state index is 0.185. The number of nitrogens with zero attached hydrogens (tertiary/aromatic N) is 2. The highest BCUT2D eigenvalue weighted by Crippen LogP contribution is 2.28. The van der Waals surface area contributed by atoms with Gasteiger partial charge >= 0.3 is 0 Å². The van der Waals surface area contributed by atoms with E-state index in [1.54, 1.807) is 18.2 Å². The van der Waals surface area contributed by atoms with Gasteiger partial charge in [0.2, 0.25) is 0 Å². The van der Waals surface area contributed by atoms with Crippen LogP contribution in [0.25, 0.3) is 0 Å². The number of carbonyl (C=O) groups is 1. The molecule has 0 saturated heterocycles. The normalized spacial score (nSPS) is 10.5. The summed E-state index contributed by atoms with van der Waals surface area (Å²) in [6, 6.07) is 13.1. The van der Waals surface area contributed by atoms with E-state index in [0.717, 1.165) is 23.5 Å². The van der Waals surface area contributed by atoms with Crippen LogP contribution in [-0.2, 0) is 13.5 Å². The van der Waals surface area contributed by atoms with Crippen molar-refractivity contribution in [2.45, 2.75) is 20.3 Å². The van der Waals surface area contributed by atoms with Gasteiger partial charge < -0.3 is 14.8 Å². The van der Waals surface area contributed by atoms with Crippen molar-refractivity contribution in [3.05, 3.63) is 70.5 Å². The number of hydrogen-bond acceptors (Lipinski definition) is 5. The molecular formula is C23H26N4O3S. The van der Waals surface area contributed by atoms with Crippen LogP contribution < -0.4 is 20.1 Å². The summed E-state index contributed by atoms with van der Waals surface area (Å²) in [4.78, 5) is 12.7. The first-order chi connectivity index (χ1) is 14.8. The van der Waals surface area contributed by atoms with Crippen molar-refractivity contribution in [3.8, 4) is 11.5 Å². The van der Waals surface area contributed by atoms with Crippen molar-refractivity contribution >= 4 is 28.9 Å². The lowest BCUT2D eigenvalue weighted by Gasteiger charge is -2.14. The number of anilines is 1. The number of benzene rings is 2. The molecule has 2 aromatic carbocycles. The first-order valence-corrected chi connectivity index (χ1v) is 10.2. The van der Waals surface area contributed by atoms with Gasteiger partial charge in [0.15, 0.2) is 5.11 Å². The third-order valence-electron chi connectivity index (χ3n) is 5.13. The van der Waals surface area contributed by atoms with E-state index in [9.17, 15) is 4.79 Å². The summed E-state index contributed by atoms with van der Waals surface area (Å²) < 4.78 is 12.5. The second kappa shape index (κ2) is 9.61. The van der Waals surface area contributed by atoms with Gasteiger partial charge in [0.1, 0.15) is 17.1 Å². The SMILES string of the molecule is COc1cccc(OC)c1C(=O)NC(=S)Nc1ccc(Cc2c(C)nn(C)c2C)cc1. The minimum Gasteiger partial charge on any atom is -0.496 e. The molecule has 0 aliphatic carbocycles. The zero-order chi connectivity index (χ0) is 22.5. The van der Waals surface area contributed by atoms with Crippen LogP contribution in [0, 0.1) is 13.8 Å². The molecular weight excluding hydrogens is 412 g/mol. The standard InChI is InChI=1S/C23H26N4O3S/c1-14-18(15(2)27(3)26-14)13-16-9-11-17(12-10-16)24-23(31)25-22(28)21-19(29-4)7-6-8-20(21)30-5/h6-12H,13H2,1-5H3,(H2,24,25,28,31). The number of aromatic nitrogens is 2. The van der Waals surface area contributed by atoms with Crippen molar-refractivity contribution in [3.63, 3.8) is 0 Å². The molecule has 162 valence electrons. The summed E-state index contributed by atoms with van der Waals surface area (Å²) in [6.07, 6.45) is 0.806. The predicted molar refractivity (Wildman–Crippen MR) is 125 cm³/mol. The summed E-state index contributed by atoms with van der Waals surface area (Å²) in [7, 11) is 4.95. The Labute approximate surface area is 187 Å². The maximum Gasteiger partial charge on any atom is 0.264 e. The number of nitrogens with one attached hydrogen (secondary N) is 2. The number of methoxy groups -OCH3 is 2. The first-order valence-electron chi connectivity index (χ1n) is 9.75. The average molecular weight is 439 g/mol. The quantitative estimate of drug-likeness (QED) is 0.571. The molecule has 1 heterocycles. The Morgan fingerprint density at radius 1 is 1.06 bits per heavy atom. The van der Waals surface area contributed by atoms with Gasteiger partial charge in [-0.05, 0) is 55.9 Å². The highest BCUT2D eigenvalue weighted by molar-refractivity contribution is 7.80. The number of rotatable bonds is 6. The predicted octanol–water partition coefficient (Wildman–Crippen LogP) is 3.77. The minimum atomic E-state index is -0.411. The van der Waals surface area contributed by atoms with Crippen LogP contribution in [0.3, 0.4) is 0 Å². The van der Waals surface area contributed by atoms with Gasteiger partial charge in [0, 0.05) is 30.4 Å². The lowest BCUT2D eigenvalue weighted by molar-refractivity contribution is 0.0971. The molecule has 0 atom stereocenters. The van der Waals surface area contributed by atoms with E-state index >= 15 is 0 Å². The Bertz CT molecular complexity index is 1080. The molecule has 0 unspecified atom stereocenters. The van der Waals surface area contributed by atoms with E-state index in [4.69, 9.17) is 21.7 Å². The van der Waals surface area contributed by atoms with Crippen molar-refractivity contribution in [1.29, 1.82) is 0 Å². The van der Waals surface area contributed by atoms with Crippen LogP contribution in [0.5, 0.6) is 11.5 Å². The fourth-order valence-electron chi connectivity index (χ4n) is 3.39. The second-order valence-corrected chi connectivity index (χ2v) is 7.50. The molecule has 0 radical (unpaired) electrons. The largest absolute Gasteiger partial charge is 0.496 e. The lowest BCUT2D eigenvalue weighted by Crippen LogP contribution is -2.34. The van der Waals surface area contributed by atoms with E-state index in [0.29, 0.717) is 11.5 Å². The monoisotopic (exact) mass is 438 g/mol. The van der Waals surface area contributed by atoms with Crippen molar-refractivity contribution in [2.75, 3.05) is 19.5 Å². The van der Waals surface area contributed by atoms with Crippen LogP contribution in [0.1, 0.15) is 32.9 Å². The summed E-state index contributed by atoms with van der Waals surface area (Å²) in [5.74, 6) is 0.404. The Morgan fingerprint density at radius 3 is 2.19 bits per heavy atom. The average Bonchev–Trinajstić information content (AvgIpc) is 3.00. The number of thiocarbonyl (C=S) groups is 1. The van der Waals surface area contributed by atoms with Gasteiger partial charge in [-0.3, -0.25) is 14.8 Å². The van der Waals surface area contributed by atoms with Crippen molar-refractivity contribution < 1.29 is 14.3 Å². The Hall–Kier alpha value is -3.39. The summed E-state index contributed by atoms with van der Waals surface area (Å²) >= 11 is 5.31. The Kier molecular flexibility index (Phi) is 6.91. The molecule has 2 N–H and O–H groups in total. The zero-order valence-corrected chi connectivity index (χ0v) is 19.1. The van der Waals surface area contributed by atoms with Gasteiger partial charge in [0.25, 0.3) is 5.91 Å². The molecule has 1 amide bonds. The third kappa shape index (κ3) is 5.03. The van der Waals surface area contributed by atoms with E-state index in [1.165, 1.54) is 25.3 Å². The maximum atomic E-state index is 12.7. The Morgan fingerprint density at radius 2 is 1.68 bits per heavy atom. The molecule has 7 nitrogen and oxygen atoms in total. The molecule has 3 aromatic rings. The van der Waals surface area contributed by atoms with Crippen LogP contribution in [0.15, 0.2) is 42.5 Å². The smallest absolute Gasteiger partial charge is 0.264 e. The number of carbonyl (C=O) groups excluding carboxylic acids is 1. The molecule has 0 aliphatic rings. The molecule has 0 spiro atoms. The molecule has 0 fully saturated rings. The molecule has 0 bridgehead atoms. The van der Waals surface area contributed by atoms with Gasteiger partial charge in [-0.15, -0.1) is 0 Å². The number of amides is 1. The summed E-state index contributed by atoms with van der Waals surface area (Å²) in [5, 5.41) is 10.4.